The summed E-state index contributed by atoms with van der Waals surface area (Å²) in [4.78, 5) is 29.7. The molecule has 0 spiro atoms. The Morgan fingerprint density at radius 3 is 2.15 bits per heavy atom. The first kappa shape index (κ1) is 18.5. The summed E-state index contributed by atoms with van der Waals surface area (Å²) in [6.07, 6.45) is 7.42. The second kappa shape index (κ2) is 6.79. The molecular weight excluding hydrogens is 349 g/mol. The Hall–Kier alpha value is -3.28. The molecule has 1 N–H and O–H groups in total. The highest BCUT2D eigenvalue weighted by Gasteiger charge is 2.60. The Balaban J connectivity index is 2.45. The largest absolute Gasteiger partial charge is 0.497 e. The van der Waals surface area contributed by atoms with Gasteiger partial charge in [-0.25, -0.2) is 4.39 Å². The number of pyridine rings is 1. The van der Waals surface area contributed by atoms with Crippen LogP contribution in [0.1, 0.15) is 18.1 Å². The summed E-state index contributed by atoms with van der Waals surface area (Å²) in [6.45, 7) is 1.32. The molecule has 0 aliphatic heterocycles. The highest BCUT2D eigenvalue weighted by atomic mass is 19.1. The minimum Gasteiger partial charge on any atom is -0.497 e. The van der Waals surface area contributed by atoms with Gasteiger partial charge in [-0.1, -0.05) is 18.2 Å². The molecule has 0 radical (unpaired) electrons. The number of ketones is 1. The number of hydrogen-bond acceptors (Lipinski definition) is 4. The second-order valence-electron chi connectivity index (χ2n) is 6.30. The molecule has 1 aromatic heterocycles. The van der Waals surface area contributed by atoms with Crippen LogP contribution in [-0.2, 0) is 25.2 Å². The number of carboxylic acids is 1. The number of benzene rings is 1. The molecule has 138 valence electrons. The van der Waals surface area contributed by atoms with Crippen LogP contribution in [0.4, 0.5) is 4.39 Å². The zero-order valence-corrected chi connectivity index (χ0v) is 14.8. The van der Waals surface area contributed by atoms with Crippen LogP contribution in [0.2, 0.25) is 0 Å². The van der Waals surface area contributed by atoms with Crippen molar-refractivity contribution in [2.24, 2.45) is 0 Å². The van der Waals surface area contributed by atoms with Gasteiger partial charge in [-0.2, -0.15) is 0 Å². The van der Waals surface area contributed by atoms with Crippen LogP contribution >= 0.6 is 0 Å². The molecular formula is C21H18FNO4. The first-order valence-electron chi connectivity index (χ1n) is 8.25. The number of rotatable bonds is 5. The fourth-order valence-electron chi connectivity index (χ4n) is 3.75. The second-order valence-corrected chi connectivity index (χ2v) is 6.30. The average molecular weight is 367 g/mol. The van der Waals surface area contributed by atoms with Gasteiger partial charge in [0.2, 0.25) is 0 Å². The Kier molecular flexibility index (Phi) is 4.66. The third kappa shape index (κ3) is 2.65. The van der Waals surface area contributed by atoms with Gasteiger partial charge >= 0.3 is 5.97 Å². The van der Waals surface area contributed by atoms with Gasteiger partial charge in [-0.15, -0.1) is 0 Å². The van der Waals surface area contributed by atoms with E-state index < -0.39 is 28.4 Å². The molecule has 0 bridgehead atoms. The highest BCUT2D eigenvalue weighted by Crippen LogP contribution is 2.50. The van der Waals surface area contributed by atoms with E-state index in [4.69, 9.17) is 4.74 Å². The number of aliphatic carboxylic acids is 1. The predicted octanol–water partition coefficient (Wildman–Crippen LogP) is 3.17. The van der Waals surface area contributed by atoms with E-state index in [2.05, 4.69) is 4.98 Å². The molecule has 0 saturated heterocycles. The van der Waals surface area contributed by atoms with Gasteiger partial charge in [0.25, 0.3) is 0 Å². The van der Waals surface area contributed by atoms with Crippen molar-refractivity contribution in [3.63, 3.8) is 0 Å². The summed E-state index contributed by atoms with van der Waals surface area (Å²) in [6, 6.07) is 8.39. The van der Waals surface area contributed by atoms with Crippen molar-refractivity contribution >= 4 is 11.8 Å². The van der Waals surface area contributed by atoms with Crippen LogP contribution in [0.3, 0.4) is 0 Å². The quantitative estimate of drug-likeness (QED) is 0.878. The van der Waals surface area contributed by atoms with Crippen molar-refractivity contribution in [1.82, 2.24) is 4.98 Å². The standard InChI is InChI=1S/C21H18FNO4/c1-14(24)21(15-3-5-17(22)6-4-15)13-18(27-2)7-10-20(21,19(25)26)16-8-11-23-12-9-16/h3-13H,1-2H3,(H,25,26). The number of hydrogen-bond donors (Lipinski definition) is 1. The topological polar surface area (TPSA) is 76.5 Å². The van der Waals surface area contributed by atoms with Crippen molar-refractivity contribution in [3.05, 3.63) is 89.7 Å². The average Bonchev–Trinajstić information content (AvgIpc) is 2.68. The monoisotopic (exact) mass is 367 g/mol. The number of carbonyl (C=O) groups excluding carboxylic acids is 1. The third-order valence-corrected chi connectivity index (χ3v) is 5.04. The van der Waals surface area contributed by atoms with Gasteiger partial charge in [-0.3, -0.25) is 14.6 Å². The van der Waals surface area contributed by atoms with Crippen LogP contribution in [0, 0.1) is 5.82 Å². The molecule has 5 nitrogen and oxygen atoms in total. The molecule has 2 unspecified atom stereocenters. The molecule has 0 fully saturated rings. The van der Waals surface area contributed by atoms with Crippen LogP contribution in [-0.4, -0.2) is 29.0 Å². The smallest absolute Gasteiger partial charge is 0.319 e. The van der Waals surface area contributed by atoms with Crippen molar-refractivity contribution in [1.29, 1.82) is 0 Å². The Morgan fingerprint density at radius 2 is 1.63 bits per heavy atom. The van der Waals surface area contributed by atoms with Gasteiger partial charge in [0.15, 0.2) is 0 Å². The highest BCUT2D eigenvalue weighted by molar-refractivity contribution is 6.03. The van der Waals surface area contributed by atoms with Gasteiger partial charge in [0.05, 0.1) is 12.5 Å². The van der Waals surface area contributed by atoms with E-state index in [9.17, 15) is 19.1 Å². The number of ether oxygens (including phenoxy) is 1. The Morgan fingerprint density at radius 1 is 1.04 bits per heavy atom. The van der Waals surface area contributed by atoms with Crippen molar-refractivity contribution in [3.8, 4) is 0 Å². The molecule has 1 aliphatic carbocycles. The minimum atomic E-state index is -1.75. The van der Waals surface area contributed by atoms with E-state index in [-0.39, 0.29) is 0 Å². The van der Waals surface area contributed by atoms with E-state index >= 15 is 0 Å². The van der Waals surface area contributed by atoms with Crippen LogP contribution in [0.25, 0.3) is 0 Å². The summed E-state index contributed by atoms with van der Waals surface area (Å²) in [5.74, 6) is -1.76. The van der Waals surface area contributed by atoms with E-state index in [0.29, 0.717) is 16.9 Å². The third-order valence-electron chi connectivity index (χ3n) is 5.04. The van der Waals surface area contributed by atoms with Crippen LogP contribution in [0.5, 0.6) is 0 Å². The lowest BCUT2D eigenvalue weighted by molar-refractivity contribution is -0.147. The number of halogens is 1. The molecule has 3 rings (SSSR count). The first-order chi connectivity index (χ1) is 12.9. The molecule has 0 saturated carbocycles. The maximum Gasteiger partial charge on any atom is 0.319 e. The summed E-state index contributed by atoms with van der Waals surface area (Å²) >= 11 is 0. The lowest BCUT2D eigenvalue weighted by atomic mass is 9.53. The Bertz CT molecular complexity index is 936. The number of aromatic nitrogens is 1. The molecule has 1 heterocycles. The van der Waals surface area contributed by atoms with Gasteiger partial charge in [0.1, 0.15) is 22.8 Å². The van der Waals surface area contributed by atoms with Crippen molar-refractivity contribution < 1.29 is 23.8 Å². The molecule has 1 aromatic carbocycles. The van der Waals surface area contributed by atoms with Crippen molar-refractivity contribution in [2.45, 2.75) is 17.8 Å². The minimum absolute atomic E-state index is 0.348. The summed E-state index contributed by atoms with van der Waals surface area (Å²) in [5.41, 5.74) is -2.64. The number of carbonyl (C=O) groups is 2. The predicted molar refractivity (Wildman–Crippen MR) is 96.5 cm³/mol. The molecule has 27 heavy (non-hydrogen) atoms. The molecule has 2 aromatic rings. The zero-order valence-electron chi connectivity index (χ0n) is 14.8. The molecule has 0 amide bonds. The Labute approximate surface area is 155 Å². The van der Waals surface area contributed by atoms with E-state index in [1.54, 1.807) is 12.1 Å². The maximum atomic E-state index is 13.5. The lowest BCUT2D eigenvalue weighted by Gasteiger charge is -2.45. The summed E-state index contributed by atoms with van der Waals surface area (Å²) < 4.78 is 18.8. The SMILES string of the molecule is COC1=CC(C(C)=O)(c2ccc(F)cc2)C(C(=O)O)(c2ccncc2)C=C1. The number of nitrogens with zero attached hydrogens (tertiary/aromatic N) is 1. The van der Waals surface area contributed by atoms with E-state index in [1.807, 2.05) is 0 Å². The van der Waals surface area contributed by atoms with Gasteiger partial charge in [0, 0.05) is 12.4 Å². The number of methoxy groups -OCH3 is 1. The van der Waals surface area contributed by atoms with Crippen LogP contribution < -0.4 is 0 Å². The zero-order chi connectivity index (χ0) is 19.7. The fourth-order valence-corrected chi connectivity index (χ4v) is 3.75. The number of carboxylic acid groups (broad SMARTS) is 1. The van der Waals surface area contributed by atoms with E-state index in [1.165, 1.54) is 68.9 Å². The number of allylic oxidation sites excluding steroid dienone is 2. The van der Waals surface area contributed by atoms with E-state index in [0.717, 1.165) is 0 Å². The fraction of sp³-hybridized carbons (Fsp3) is 0.190. The number of Topliss-reactive ketones (excluding diaryl/α,β-unsaturated/α-hetero) is 1. The normalized spacial score (nSPS) is 24.2. The van der Waals surface area contributed by atoms with Gasteiger partial charge < -0.3 is 9.84 Å². The molecule has 1 aliphatic rings. The lowest BCUT2D eigenvalue weighted by Crippen LogP contribution is -2.57. The van der Waals surface area contributed by atoms with Crippen molar-refractivity contribution in [2.75, 3.05) is 7.11 Å². The maximum absolute atomic E-state index is 13.5. The summed E-state index contributed by atoms with van der Waals surface area (Å²) in [5, 5.41) is 10.3. The van der Waals surface area contributed by atoms with Crippen LogP contribution in [0.15, 0.2) is 72.8 Å². The summed E-state index contributed by atoms with van der Waals surface area (Å²) in [7, 11) is 1.44. The van der Waals surface area contributed by atoms with Gasteiger partial charge in [-0.05, 0) is 54.5 Å². The molecule has 2 atom stereocenters. The first-order valence-corrected chi connectivity index (χ1v) is 8.25. The molecule has 6 heteroatoms.